The Balaban J connectivity index is 1.48. The minimum absolute atomic E-state index is 0.115. The first kappa shape index (κ1) is 18.9. The zero-order valence-corrected chi connectivity index (χ0v) is 15.4. The zero-order chi connectivity index (χ0) is 19.1. The molecule has 1 aliphatic heterocycles. The maximum atomic E-state index is 12.2. The average Bonchev–Trinajstić information content (AvgIpc) is 3.21. The highest BCUT2D eigenvalue weighted by Crippen LogP contribution is 2.14. The number of methoxy groups -OCH3 is 1. The number of anilines is 1. The molecule has 27 heavy (non-hydrogen) atoms. The number of nitrogens with one attached hydrogen (secondary N) is 2. The fourth-order valence-corrected chi connectivity index (χ4v) is 2.95. The summed E-state index contributed by atoms with van der Waals surface area (Å²) in [6.07, 6.45) is 2.42. The van der Waals surface area contributed by atoms with E-state index in [0.717, 1.165) is 30.8 Å². The van der Waals surface area contributed by atoms with Crippen LogP contribution < -0.4 is 15.4 Å². The minimum atomic E-state index is -0.137. The molecule has 0 aromatic heterocycles. The Bertz CT molecular complexity index is 766. The Labute approximate surface area is 158 Å². The van der Waals surface area contributed by atoms with Crippen LogP contribution in [-0.4, -0.2) is 38.2 Å². The van der Waals surface area contributed by atoms with E-state index in [9.17, 15) is 9.59 Å². The van der Waals surface area contributed by atoms with E-state index in [4.69, 9.17) is 9.47 Å². The Morgan fingerprint density at radius 1 is 1.11 bits per heavy atom. The van der Waals surface area contributed by atoms with Crippen molar-refractivity contribution < 1.29 is 19.1 Å². The Hall–Kier alpha value is -2.86. The van der Waals surface area contributed by atoms with Gasteiger partial charge in [-0.1, -0.05) is 12.1 Å². The number of rotatable bonds is 7. The molecule has 2 N–H and O–H groups in total. The summed E-state index contributed by atoms with van der Waals surface area (Å²) in [5.74, 6) is 0.505. The number of carbonyl (C=O) groups excluding carboxylic acids is 2. The minimum Gasteiger partial charge on any atom is -0.497 e. The van der Waals surface area contributed by atoms with Crippen LogP contribution in [0.2, 0.25) is 0 Å². The third-order valence-electron chi connectivity index (χ3n) is 4.47. The van der Waals surface area contributed by atoms with Crippen LogP contribution in [0.3, 0.4) is 0 Å². The van der Waals surface area contributed by atoms with Crippen LogP contribution in [0.4, 0.5) is 5.69 Å². The van der Waals surface area contributed by atoms with Crippen molar-refractivity contribution in [2.45, 2.75) is 25.4 Å². The number of benzene rings is 2. The van der Waals surface area contributed by atoms with Crippen LogP contribution >= 0.6 is 0 Å². The summed E-state index contributed by atoms with van der Waals surface area (Å²) in [7, 11) is 1.61. The van der Waals surface area contributed by atoms with Crippen molar-refractivity contribution in [3.8, 4) is 5.75 Å². The van der Waals surface area contributed by atoms with Crippen LogP contribution in [0, 0.1) is 0 Å². The third-order valence-corrected chi connectivity index (χ3v) is 4.47. The van der Waals surface area contributed by atoms with E-state index in [1.54, 1.807) is 31.4 Å². The van der Waals surface area contributed by atoms with Crippen molar-refractivity contribution in [1.29, 1.82) is 0 Å². The van der Waals surface area contributed by atoms with E-state index in [1.807, 2.05) is 24.3 Å². The molecule has 2 aromatic rings. The molecule has 0 unspecified atom stereocenters. The fraction of sp³-hybridized carbons (Fsp3) is 0.333. The second-order valence-corrected chi connectivity index (χ2v) is 6.50. The summed E-state index contributed by atoms with van der Waals surface area (Å²) in [6.45, 7) is 1.30. The Kier molecular flexibility index (Phi) is 6.44. The number of hydrogen-bond acceptors (Lipinski definition) is 4. The van der Waals surface area contributed by atoms with E-state index in [1.165, 1.54) is 0 Å². The summed E-state index contributed by atoms with van der Waals surface area (Å²) < 4.78 is 10.6. The van der Waals surface area contributed by atoms with Gasteiger partial charge in [-0.3, -0.25) is 9.59 Å². The van der Waals surface area contributed by atoms with Crippen molar-refractivity contribution >= 4 is 17.5 Å². The monoisotopic (exact) mass is 368 g/mol. The standard InChI is InChI=1S/C21H24N2O4/c1-26-18-10-4-15(5-11-18)13-20(24)23-17-8-6-16(7-9-17)21(25)22-14-19-3-2-12-27-19/h4-11,19H,2-3,12-14H2,1H3,(H,22,25)(H,23,24)/t19-/m1/s1. The molecule has 1 atom stereocenters. The van der Waals surface area contributed by atoms with Crippen molar-refractivity contribution in [3.05, 3.63) is 59.7 Å². The van der Waals surface area contributed by atoms with Gasteiger partial charge in [-0.05, 0) is 54.8 Å². The van der Waals surface area contributed by atoms with Gasteiger partial charge in [-0.25, -0.2) is 0 Å². The molecule has 2 amide bonds. The van der Waals surface area contributed by atoms with Gasteiger partial charge in [-0.15, -0.1) is 0 Å². The van der Waals surface area contributed by atoms with Crippen LogP contribution in [0.1, 0.15) is 28.8 Å². The number of carbonyl (C=O) groups is 2. The second kappa shape index (κ2) is 9.19. The number of hydrogen-bond donors (Lipinski definition) is 2. The summed E-state index contributed by atoms with van der Waals surface area (Å²) in [5.41, 5.74) is 2.11. The fourth-order valence-electron chi connectivity index (χ4n) is 2.95. The van der Waals surface area contributed by atoms with Gasteiger partial charge in [0.1, 0.15) is 5.75 Å². The third kappa shape index (κ3) is 5.56. The summed E-state index contributed by atoms with van der Waals surface area (Å²) in [6, 6.07) is 14.2. The SMILES string of the molecule is COc1ccc(CC(=O)Nc2ccc(C(=O)NC[C@H]3CCCO3)cc2)cc1. The molecule has 6 nitrogen and oxygen atoms in total. The van der Waals surface area contributed by atoms with E-state index in [-0.39, 0.29) is 24.3 Å². The average molecular weight is 368 g/mol. The molecule has 142 valence electrons. The van der Waals surface area contributed by atoms with Crippen molar-refractivity contribution in [2.75, 3.05) is 25.6 Å². The lowest BCUT2D eigenvalue weighted by atomic mass is 10.1. The maximum Gasteiger partial charge on any atom is 0.251 e. The highest BCUT2D eigenvalue weighted by Gasteiger charge is 2.16. The van der Waals surface area contributed by atoms with Gasteiger partial charge in [-0.2, -0.15) is 0 Å². The highest BCUT2D eigenvalue weighted by molar-refractivity contribution is 5.96. The molecular formula is C21H24N2O4. The van der Waals surface area contributed by atoms with Gasteiger partial charge >= 0.3 is 0 Å². The molecule has 0 bridgehead atoms. The quantitative estimate of drug-likeness (QED) is 0.788. The van der Waals surface area contributed by atoms with Gasteiger partial charge in [0, 0.05) is 24.4 Å². The molecule has 1 aliphatic rings. The number of amides is 2. The first-order valence-corrected chi connectivity index (χ1v) is 9.06. The normalized spacial score (nSPS) is 16.0. The van der Waals surface area contributed by atoms with Crippen LogP contribution in [-0.2, 0) is 16.0 Å². The molecule has 1 heterocycles. The molecule has 3 rings (SSSR count). The lowest BCUT2D eigenvalue weighted by Crippen LogP contribution is -2.31. The van der Waals surface area contributed by atoms with Crippen LogP contribution in [0.25, 0.3) is 0 Å². The molecule has 0 radical (unpaired) electrons. The van der Waals surface area contributed by atoms with Crippen LogP contribution in [0.5, 0.6) is 5.75 Å². The Morgan fingerprint density at radius 3 is 2.48 bits per heavy atom. The number of ether oxygens (including phenoxy) is 2. The van der Waals surface area contributed by atoms with Gasteiger partial charge < -0.3 is 20.1 Å². The van der Waals surface area contributed by atoms with E-state index in [2.05, 4.69) is 10.6 Å². The predicted molar refractivity (Wildman–Crippen MR) is 103 cm³/mol. The van der Waals surface area contributed by atoms with Crippen molar-refractivity contribution in [2.24, 2.45) is 0 Å². The molecule has 1 saturated heterocycles. The predicted octanol–water partition coefficient (Wildman–Crippen LogP) is 2.79. The summed E-state index contributed by atoms with van der Waals surface area (Å²) >= 11 is 0. The van der Waals surface area contributed by atoms with Gasteiger partial charge in [0.05, 0.1) is 19.6 Å². The Morgan fingerprint density at radius 2 is 1.85 bits per heavy atom. The van der Waals surface area contributed by atoms with Crippen molar-refractivity contribution in [1.82, 2.24) is 5.32 Å². The topological polar surface area (TPSA) is 76.7 Å². The molecule has 0 spiro atoms. The second-order valence-electron chi connectivity index (χ2n) is 6.50. The largest absolute Gasteiger partial charge is 0.497 e. The van der Waals surface area contributed by atoms with E-state index >= 15 is 0 Å². The van der Waals surface area contributed by atoms with Crippen LogP contribution in [0.15, 0.2) is 48.5 Å². The molecule has 0 saturated carbocycles. The van der Waals surface area contributed by atoms with Gasteiger partial charge in [0.15, 0.2) is 0 Å². The molecular weight excluding hydrogens is 344 g/mol. The smallest absolute Gasteiger partial charge is 0.251 e. The van der Waals surface area contributed by atoms with E-state index in [0.29, 0.717) is 17.8 Å². The van der Waals surface area contributed by atoms with Gasteiger partial charge in [0.25, 0.3) is 5.91 Å². The summed E-state index contributed by atoms with van der Waals surface area (Å²) in [4.78, 5) is 24.3. The summed E-state index contributed by atoms with van der Waals surface area (Å²) in [5, 5.41) is 5.72. The van der Waals surface area contributed by atoms with Crippen molar-refractivity contribution in [3.63, 3.8) is 0 Å². The van der Waals surface area contributed by atoms with Gasteiger partial charge in [0.2, 0.25) is 5.91 Å². The highest BCUT2D eigenvalue weighted by atomic mass is 16.5. The first-order valence-electron chi connectivity index (χ1n) is 9.06. The first-order chi connectivity index (χ1) is 13.1. The maximum absolute atomic E-state index is 12.2. The lowest BCUT2D eigenvalue weighted by Gasteiger charge is -2.11. The molecule has 6 heteroatoms. The molecule has 0 aliphatic carbocycles. The van der Waals surface area contributed by atoms with E-state index < -0.39 is 0 Å². The molecule has 1 fully saturated rings. The zero-order valence-electron chi connectivity index (χ0n) is 15.4. The lowest BCUT2D eigenvalue weighted by molar-refractivity contribution is -0.115. The molecule has 2 aromatic carbocycles.